The number of thiophene rings is 1. The van der Waals surface area contributed by atoms with Crippen molar-refractivity contribution >= 4 is 17.3 Å². The molecule has 4 nitrogen and oxygen atoms in total. The fourth-order valence-electron chi connectivity index (χ4n) is 2.79. The van der Waals surface area contributed by atoms with Crippen molar-refractivity contribution in [1.82, 2.24) is 15.5 Å². The van der Waals surface area contributed by atoms with Crippen LogP contribution < -0.4 is 10.6 Å². The number of hydrogen-bond donors (Lipinski definition) is 2. The van der Waals surface area contributed by atoms with Crippen LogP contribution in [-0.4, -0.2) is 44.1 Å². The molecule has 21 heavy (non-hydrogen) atoms. The molecule has 1 aliphatic heterocycles. The van der Waals surface area contributed by atoms with Gasteiger partial charge in [0, 0.05) is 31.6 Å². The molecule has 2 rings (SSSR count). The monoisotopic (exact) mass is 308 g/mol. The Morgan fingerprint density at radius 3 is 3.00 bits per heavy atom. The number of likely N-dealkylation sites (tertiary alicyclic amines) is 1. The highest BCUT2D eigenvalue weighted by atomic mass is 32.1. The van der Waals surface area contributed by atoms with Gasteiger partial charge in [0.15, 0.2) is 5.96 Å². The summed E-state index contributed by atoms with van der Waals surface area (Å²) in [7, 11) is 1.83. The van der Waals surface area contributed by atoms with Crippen LogP contribution in [0.25, 0.3) is 0 Å². The number of nitrogens with one attached hydrogen (secondary N) is 2. The Bertz CT molecular complexity index is 455. The first-order valence-corrected chi connectivity index (χ1v) is 8.77. The molecule has 2 heterocycles. The number of rotatable bonds is 5. The fourth-order valence-corrected chi connectivity index (χ4v) is 3.64. The third-order valence-electron chi connectivity index (χ3n) is 4.07. The summed E-state index contributed by atoms with van der Waals surface area (Å²) in [6.07, 6.45) is 2.72. The molecule has 0 bridgehead atoms. The van der Waals surface area contributed by atoms with E-state index in [1.807, 2.05) is 7.05 Å². The predicted molar refractivity (Wildman–Crippen MR) is 92.1 cm³/mol. The maximum atomic E-state index is 4.30. The fraction of sp³-hybridized carbons (Fsp3) is 0.688. The van der Waals surface area contributed by atoms with Gasteiger partial charge in [-0.2, -0.15) is 0 Å². The van der Waals surface area contributed by atoms with Crippen molar-refractivity contribution in [2.24, 2.45) is 10.9 Å². The van der Waals surface area contributed by atoms with Crippen molar-refractivity contribution in [3.8, 4) is 0 Å². The largest absolute Gasteiger partial charge is 0.355 e. The van der Waals surface area contributed by atoms with E-state index in [2.05, 4.69) is 45.8 Å². The average Bonchev–Trinajstić information content (AvgIpc) is 2.88. The summed E-state index contributed by atoms with van der Waals surface area (Å²) in [6.45, 7) is 9.89. The Morgan fingerprint density at radius 1 is 1.48 bits per heavy atom. The van der Waals surface area contributed by atoms with Crippen LogP contribution >= 0.6 is 11.3 Å². The normalized spacial score (nSPS) is 20.5. The highest BCUT2D eigenvalue weighted by Gasteiger charge is 2.15. The quantitative estimate of drug-likeness (QED) is 0.648. The van der Waals surface area contributed by atoms with Gasteiger partial charge in [-0.3, -0.25) is 4.99 Å². The molecule has 0 amide bonds. The molecule has 1 aliphatic rings. The topological polar surface area (TPSA) is 39.7 Å². The van der Waals surface area contributed by atoms with Gasteiger partial charge in [0.05, 0.1) is 6.54 Å². The van der Waals surface area contributed by atoms with E-state index in [0.717, 1.165) is 31.5 Å². The second-order valence-corrected chi connectivity index (χ2v) is 6.93. The van der Waals surface area contributed by atoms with Crippen molar-refractivity contribution in [3.05, 3.63) is 21.9 Å². The minimum atomic E-state index is 0.845. The van der Waals surface area contributed by atoms with Crippen molar-refractivity contribution in [3.63, 3.8) is 0 Å². The van der Waals surface area contributed by atoms with Crippen LogP contribution in [0.3, 0.4) is 0 Å². The van der Waals surface area contributed by atoms with Crippen LogP contribution in [0, 0.1) is 12.8 Å². The van der Waals surface area contributed by atoms with Gasteiger partial charge < -0.3 is 15.5 Å². The summed E-state index contributed by atoms with van der Waals surface area (Å²) in [4.78, 5) is 8.23. The van der Waals surface area contributed by atoms with Crippen molar-refractivity contribution in [1.29, 1.82) is 0 Å². The zero-order valence-electron chi connectivity index (χ0n) is 13.5. The summed E-state index contributed by atoms with van der Waals surface area (Å²) in [5.41, 5.74) is 1.35. The molecule has 0 spiro atoms. The Balaban J connectivity index is 1.67. The van der Waals surface area contributed by atoms with E-state index in [1.165, 1.54) is 36.4 Å². The summed E-state index contributed by atoms with van der Waals surface area (Å²) in [5, 5.41) is 8.94. The summed E-state index contributed by atoms with van der Waals surface area (Å²) < 4.78 is 0. The van der Waals surface area contributed by atoms with E-state index in [-0.39, 0.29) is 0 Å². The highest BCUT2D eigenvalue weighted by molar-refractivity contribution is 7.10. The molecule has 0 aromatic carbocycles. The van der Waals surface area contributed by atoms with Gasteiger partial charge in [-0.1, -0.05) is 6.92 Å². The van der Waals surface area contributed by atoms with Crippen LogP contribution in [0.4, 0.5) is 0 Å². The lowest BCUT2D eigenvalue weighted by atomic mass is 10.0. The molecule has 118 valence electrons. The van der Waals surface area contributed by atoms with Gasteiger partial charge in [0.2, 0.25) is 0 Å². The van der Waals surface area contributed by atoms with Gasteiger partial charge in [-0.15, -0.1) is 11.3 Å². The third kappa shape index (κ3) is 5.32. The SMILES string of the molecule is CN=C(NCCN1CCCC(C)C1)NCc1sccc1C. The standard InChI is InChI=1S/C16H28N4S/c1-13-5-4-8-20(12-13)9-7-18-16(17-3)19-11-15-14(2)6-10-21-15/h6,10,13H,4-5,7-9,11-12H2,1-3H3,(H2,17,18,19). The predicted octanol–water partition coefficient (Wildman–Crippen LogP) is 2.45. The molecule has 1 saturated heterocycles. The van der Waals surface area contributed by atoms with Gasteiger partial charge in [-0.05, 0) is 49.2 Å². The first kappa shape index (κ1) is 16.3. The molecule has 0 aliphatic carbocycles. The van der Waals surface area contributed by atoms with E-state index in [4.69, 9.17) is 0 Å². The Kier molecular flexibility index (Phi) is 6.51. The average molecular weight is 308 g/mol. The number of aliphatic imine (C=N–C) groups is 1. The Morgan fingerprint density at radius 2 is 2.33 bits per heavy atom. The maximum absolute atomic E-state index is 4.30. The van der Waals surface area contributed by atoms with E-state index in [1.54, 1.807) is 11.3 Å². The smallest absolute Gasteiger partial charge is 0.191 e. The molecule has 1 atom stereocenters. The number of hydrogen-bond acceptors (Lipinski definition) is 3. The van der Waals surface area contributed by atoms with Gasteiger partial charge in [0.1, 0.15) is 0 Å². The van der Waals surface area contributed by atoms with E-state index < -0.39 is 0 Å². The second kappa shape index (κ2) is 8.39. The molecule has 1 fully saturated rings. The molecule has 0 saturated carbocycles. The third-order valence-corrected chi connectivity index (χ3v) is 5.09. The summed E-state index contributed by atoms with van der Waals surface area (Å²) >= 11 is 1.80. The first-order chi connectivity index (χ1) is 10.2. The molecule has 0 radical (unpaired) electrons. The van der Waals surface area contributed by atoms with Crippen molar-refractivity contribution in [2.45, 2.75) is 33.2 Å². The van der Waals surface area contributed by atoms with Gasteiger partial charge in [0.25, 0.3) is 0 Å². The molecule has 1 unspecified atom stereocenters. The number of piperidine rings is 1. The van der Waals surface area contributed by atoms with Crippen molar-refractivity contribution in [2.75, 3.05) is 33.2 Å². The lowest BCUT2D eigenvalue weighted by Crippen LogP contribution is -2.43. The number of aryl methyl sites for hydroxylation is 1. The van der Waals surface area contributed by atoms with Crippen LogP contribution in [0.2, 0.25) is 0 Å². The number of guanidine groups is 1. The van der Waals surface area contributed by atoms with E-state index in [0.29, 0.717) is 0 Å². The van der Waals surface area contributed by atoms with Crippen LogP contribution in [0.5, 0.6) is 0 Å². The first-order valence-electron chi connectivity index (χ1n) is 7.89. The lowest BCUT2D eigenvalue weighted by Gasteiger charge is -2.30. The van der Waals surface area contributed by atoms with E-state index in [9.17, 15) is 0 Å². The molecule has 5 heteroatoms. The lowest BCUT2D eigenvalue weighted by molar-refractivity contribution is 0.187. The molecule has 1 aromatic heterocycles. The molecule has 2 N–H and O–H groups in total. The number of nitrogens with zero attached hydrogens (tertiary/aromatic N) is 2. The summed E-state index contributed by atoms with van der Waals surface area (Å²) in [5.74, 6) is 1.74. The van der Waals surface area contributed by atoms with Crippen LogP contribution in [0.15, 0.2) is 16.4 Å². The van der Waals surface area contributed by atoms with Crippen LogP contribution in [0.1, 0.15) is 30.2 Å². The highest BCUT2D eigenvalue weighted by Crippen LogP contribution is 2.15. The summed E-state index contributed by atoms with van der Waals surface area (Å²) in [6, 6.07) is 2.16. The molecular formula is C16H28N4S. The zero-order valence-corrected chi connectivity index (χ0v) is 14.3. The zero-order chi connectivity index (χ0) is 15.1. The molecule has 1 aromatic rings. The van der Waals surface area contributed by atoms with Gasteiger partial charge in [-0.25, -0.2) is 0 Å². The molecular weight excluding hydrogens is 280 g/mol. The van der Waals surface area contributed by atoms with E-state index >= 15 is 0 Å². The second-order valence-electron chi connectivity index (χ2n) is 5.93. The Hall–Kier alpha value is -1.07. The van der Waals surface area contributed by atoms with Gasteiger partial charge >= 0.3 is 0 Å². The Labute approximate surface area is 132 Å². The van der Waals surface area contributed by atoms with Crippen LogP contribution in [-0.2, 0) is 6.54 Å². The minimum absolute atomic E-state index is 0.845. The van der Waals surface area contributed by atoms with Crippen molar-refractivity contribution < 1.29 is 0 Å². The minimum Gasteiger partial charge on any atom is -0.355 e. The maximum Gasteiger partial charge on any atom is 0.191 e.